The zero-order chi connectivity index (χ0) is 10.7. The van der Waals surface area contributed by atoms with E-state index in [0.717, 1.165) is 5.69 Å². The molecule has 0 amide bonds. The first-order valence-corrected chi connectivity index (χ1v) is 5.14. The number of nitrogens with zero attached hydrogens (tertiary/aromatic N) is 1. The predicted molar refractivity (Wildman–Crippen MR) is 64.0 cm³/mol. The van der Waals surface area contributed by atoms with Crippen molar-refractivity contribution in [3.8, 4) is 0 Å². The molecule has 4 heteroatoms. The molecule has 2 rings (SSSR count). The molecule has 0 aliphatic carbocycles. The number of halogens is 2. The van der Waals surface area contributed by atoms with Gasteiger partial charge in [-0.1, -0.05) is 29.3 Å². The van der Waals surface area contributed by atoms with Crippen molar-refractivity contribution in [2.75, 3.05) is 5.32 Å². The maximum Gasteiger partial charge on any atom is 0.149 e. The van der Waals surface area contributed by atoms with Crippen molar-refractivity contribution in [1.29, 1.82) is 0 Å². The van der Waals surface area contributed by atoms with Crippen molar-refractivity contribution in [2.24, 2.45) is 0 Å². The van der Waals surface area contributed by atoms with Crippen molar-refractivity contribution in [1.82, 2.24) is 4.98 Å². The molecule has 15 heavy (non-hydrogen) atoms. The van der Waals surface area contributed by atoms with Gasteiger partial charge in [0.2, 0.25) is 0 Å². The summed E-state index contributed by atoms with van der Waals surface area (Å²) >= 11 is 11.8. The molecular formula is C11H8Cl2N2. The Kier molecular flexibility index (Phi) is 3.09. The molecule has 1 N–H and O–H groups in total. The molecule has 2 aromatic rings. The summed E-state index contributed by atoms with van der Waals surface area (Å²) in [6.07, 6.45) is 1.68. The molecule has 0 unspecified atom stereocenters. The van der Waals surface area contributed by atoms with Gasteiger partial charge in [0.25, 0.3) is 0 Å². The highest BCUT2D eigenvalue weighted by atomic mass is 35.5. The fourth-order valence-electron chi connectivity index (χ4n) is 1.18. The lowest BCUT2D eigenvalue weighted by Crippen LogP contribution is -1.93. The lowest BCUT2D eigenvalue weighted by Gasteiger charge is -2.06. The molecule has 0 fully saturated rings. The molecule has 1 aromatic heterocycles. The zero-order valence-electron chi connectivity index (χ0n) is 7.74. The molecule has 0 aliphatic heterocycles. The number of aromatic nitrogens is 1. The van der Waals surface area contributed by atoms with E-state index >= 15 is 0 Å². The Morgan fingerprint density at radius 2 is 1.93 bits per heavy atom. The van der Waals surface area contributed by atoms with Gasteiger partial charge in [-0.05, 0) is 30.3 Å². The second kappa shape index (κ2) is 4.51. The molecule has 0 spiro atoms. The minimum atomic E-state index is 0.581. The summed E-state index contributed by atoms with van der Waals surface area (Å²) in [6.45, 7) is 0. The fourth-order valence-corrected chi connectivity index (χ4v) is 1.54. The first-order chi connectivity index (χ1) is 7.25. The molecule has 2 nitrogen and oxygen atoms in total. The molecule has 0 atom stereocenters. The SMILES string of the molecule is Clc1cccc(Nc2ncccc2Cl)c1. The minimum Gasteiger partial charge on any atom is -0.339 e. The van der Waals surface area contributed by atoms with E-state index < -0.39 is 0 Å². The number of nitrogens with one attached hydrogen (secondary N) is 1. The van der Waals surface area contributed by atoms with Crippen LogP contribution in [0.4, 0.5) is 11.5 Å². The van der Waals surface area contributed by atoms with Crippen molar-refractivity contribution in [2.45, 2.75) is 0 Å². The van der Waals surface area contributed by atoms with E-state index in [1.807, 2.05) is 24.3 Å². The smallest absolute Gasteiger partial charge is 0.149 e. The van der Waals surface area contributed by atoms with Gasteiger partial charge in [0.15, 0.2) is 0 Å². The van der Waals surface area contributed by atoms with Crippen LogP contribution in [-0.2, 0) is 0 Å². The maximum atomic E-state index is 5.96. The summed E-state index contributed by atoms with van der Waals surface area (Å²) in [5.41, 5.74) is 0.864. The molecule has 1 heterocycles. The van der Waals surface area contributed by atoms with Crippen LogP contribution < -0.4 is 5.32 Å². The quantitative estimate of drug-likeness (QED) is 0.852. The number of benzene rings is 1. The van der Waals surface area contributed by atoms with Crippen LogP contribution in [0.15, 0.2) is 42.6 Å². The molecular weight excluding hydrogens is 231 g/mol. The molecule has 0 radical (unpaired) electrons. The standard InChI is InChI=1S/C11H8Cl2N2/c12-8-3-1-4-9(7-8)15-11-10(13)5-2-6-14-11/h1-7H,(H,14,15). The Labute approximate surface area is 97.9 Å². The third kappa shape index (κ3) is 2.61. The van der Waals surface area contributed by atoms with E-state index in [1.54, 1.807) is 18.3 Å². The van der Waals surface area contributed by atoms with Crippen LogP contribution in [0.5, 0.6) is 0 Å². The van der Waals surface area contributed by atoms with Crippen LogP contribution in [-0.4, -0.2) is 4.98 Å². The number of rotatable bonds is 2. The largest absolute Gasteiger partial charge is 0.339 e. The van der Waals surface area contributed by atoms with Crippen LogP contribution in [0.1, 0.15) is 0 Å². The third-order valence-corrected chi connectivity index (χ3v) is 2.39. The number of hydrogen-bond donors (Lipinski definition) is 1. The van der Waals surface area contributed by atoms with Gasteiger partial charge < -0.3 is 5.32 Å². The highest BCUT2D eigenvalue weighted by Crippen LogP contribution is 2.23. The molecule has 0 aliphatic rings. The molecule has 0 saturated carbocycles. The Balaban J connectivity index is 2.26. The van der Waals surface area contributed by atoms with Crippen LogP contribution >= 0.6 is 23.2 Å². The van der Waals surface area contributed by atoms with E-state index in [4.69, 9.17) is 23.2 Å². The Hall–Kier alpha value is -1.25. The van der Waals surface area contributed by atoms with Gasteiger partial charge in [0, 0.05) is 16.9 Å². The second-order valence-corrected chi connectivity index (χ2v) is 3.81. The first kappa shape index (κ1) is 10.3. The van der Waals surface area contributed by atoms with Gasteiger partial charge in [-0.2, -0.15) is 0 Å². The molecule has 76 valence electrons. The number of anilines is 2. The van der Waals surface area contributed by atoms with Crippen molar-refractivity contribution in [3.05, 3.63) is 52.6 Å². The Morgan fingerprint density at radius 1 is 1.07 bits per heavy atom. The van der Waals surface area contributed by atoms with Gasteiger partial charge in [-0.3, -0.25) is 0 Å². The summed E-state index contributed by atoms with van der Waals surface area (Å²) in [4.78, 5) is 4.12. The Bertz CT molecular complexity index is 472. The van der Waals surface area contributed by atoms with E-state index in [9.17, 15) is 0 Å². The average molecular weight is 239 g/mol. The van der Waals surface area contributed by atoms with Crippen LogP contribution in [0.3, 0.4) is 0 Å². The Morgan fingerprint density at radius 3 is 2.67 bits per heavy atom. The maximum absolute atomic E-state index is 5.96. The third-order valence-electron chi connectivity index (χ3n) is 1.85. The second-order valence-electron chi connectivity index (χ2n) is 2.97. The normalized spacial score (nSPS) is 10.0. The highest BCUT2D eigenvalue weighted by Gasteiger charge is 2.00. The zero-order valence-corrected chi connectivity index (χ0v) is 9.26. The van der Waals surface area contributed by atoms with Gasteiger partial charge >= 0.3 is 0 Å². The lowest BCUT2D eigenvalue weighted by molar-refractivity contribution is 1.31. The summed E-state index contributed by atoms with van der Waals surface area (Å²) in [5.74, 6) is 0.626. The summed E-state index contributed by atoms with van der Waals surface area (Å²) in [6, 6.07) is 10.9. The van der Waals surface area contributed by atoms with E-state index in [1.165, 1.54) is 0 Å². The van der Waals surface area contributed by atoms with Gasteiger partial charge in [-0.15, -0.1) is 0 Å². The monoisotopic (exact) mass is 238 g/mol. The summed E-state index contributed by atoms with van der Waals surface area (Å²) < 4.78 is 0. The van der Waals surface area contributed by atoms with Gasteiger partial charge in [0.1, 0.15) is 5.82 Å². The molecule has 1 aromatic carbocycles. The lowest BCUT2D eigenvalue weighted by atomic mass is 10.3. The van der Waals surface area contributed by atoms with Crippen LogP contribution in [0.25, 0.3) is 0 Å². The van der Waals surface area contributed by atoms with Crippen molar-refractivity contribution < 1.29 is 0 Å². The van der Waals surface area contributed by atoms with E-state index in [2.05, 4.69) is 10.3 Å². The summed E-state index contributed by atoms with van der Waals surface area (Å²) in [5, 5.41) is 4.34. The first-order valence-electron chi connectivity index (χ1n) is 4.39. The van der Waals surface area contributed by atoms with Crippen molar-refractivity contribution >= 4 is 34.7 Å². The highest BCUT2D eigenvalue weighted by molar-refractivity contribution is 6.33. The minimum absolute atomic E-state index is 0.581. The number of hydrogen-bond acceptors (Lipinski definition) is 2. The van der Waals surface area contributed by atoms with E-state index in [-0.39, 0.29) is 0 Å². The molecule has 0 saturated heterocycles. The van der Waals surface area contributed by atoms with Gasteiger partial charge in [-0.25, -0.2) is 4.98 Å². The number of pyridine rings is 1. The predicted octanol–water partition coefficient (Wildman–Crippen LogP) is 4.13. The fraction of sp³-hybridized carbons (Fsp3) is 0. The van der Waals surface area contributed by atoms with E-state index in [0.29, 0.717) is 15.9 Å². The van der Waals surface area contributed by atoms with Crippen molar-refractivity contribution in [3.63, 3.8) is 0 Å². The van der Waals surface area contributed by atoms with Crippen LogP contribution in [0, 0.1) is 0 Å². The van der Waals surface area contributed by atoms with Crippen LogP contribution in [0.2, 0.25) is 10.0 Å². The average Bonchev–Trinajstić information content (AvgIpc) is 2.22. The summed E-state index contributed by atoms with van der Waals surface area (Å²) in [7, 11) is 0. The molecule has 0 bridgehead atoms. The van der Waals surface area contributed by atoms with Gasteiger partial charge in [0.05, 0.1) is 5.02 Å². The topological polar surface area (TPSA) is 24.9 Å².